The van der Waals surface area contributed by atoms with Gasteiger partial charge in [-0.25, -0.2) is 0 Å². The summed E-state index contributed by atoms with van der Waals surface area (Å²) in [7, 11) is 0. The van der Waals surface area contributed by atoms with Crippen molar-refractivity contribution in [1.29, 1.82) is 0 Å². The van der Waals surface area contributed by atoms with Gasteiger partial charge in [0.1, 0.15) is 18.1 Å². The summed E-state index contributed by atoms with van der Waals surface area (Å²) in [5.41, 5.74) is 2.53. The molecule has 0 radical (unpaired) electrons. The number of alkyl halides is 2. The van der Waals surface area contributed by atoms with Crippen LogP contribution in [0.15, 0.2) is 36.4 Å². The van der Waals surface area contributed by atoms with Crippen molar-refractivity contribution in [2.45, 2.75) is 46.7 Å². The van der Waals surface area contributed by atoms with Crippen LogP contribution >= 0.6 is 31.9 Å². The third kappa shape index (κ3) is 8.87. The van der Waals surface area contributed by atoms with Gasteiger partial charge in [-0.2, -0.15) is 0 Å². The molecule has 0 atom stereocenters. The first-order valence-corrected chi connectivity index (χ1v) is 12.8. The number of carbonyl (C=O) groups excluding carboxylic acids is 4. The molecule has 0 saturated carbocycles. The molecule has 0 aliphatic carbocycles. The molecule has 3 rings (SSSR count). The van der Waals surface area contributed by atoms with Crippen molar-refractivity contribution in [2.24, 2.45) is 0 Å². The van der Waals surface area contributed by atoms with Crippen LogP contribution < -0.4 is 9.47 Å². The third-order valence-electron chi connectivity index (χ3n) is 4.62. The second kappa shape index (κ2) is 12.9. The number of rotatable bonds is 7. The van der Waals surface area contributed by atoms with Crippen LogP contribution in [0.2, 0.25) is 0 Å². The molecule has 2 aromatic rings. The Kier molecular flexibility index (Phi) is 10.6. The Morgan fingerprint density at radius 3 is 2.09 bits per heavy atom. The maximum absolute atomic E-state index is 11.6. The lowest BCUT2D eigenvalue weighted by molar-refractivity contribution is -0.180. The Labute approximate surface area is 220 Å². The largest absolute Gasteiger partial charge is 0.463 e. The van der Waals surface area contributed by atoms with E-state index in [2.05, 4.69) is 31.9 Å². The van der Waals surface area contributed by atoms with Crippen molar-refractivity contribution in [3.05, 3.63) is 58.7 Å². The SMILES string of the molecule is CC(=O)OCc1cc(C(=O)CBr)ccc1OC(C)=O.CC1(C)OCc2cc(C(=O)CBr)ccc2O1. The summed E-state index contributed by atoms with van der Waals surface area (Å²) < 4.78 is 21.0. The van der Waals surface area contributed by atoms with Crippen molar-refractivity contribution >= 4 is 55.4 Å². The molecule has 0 aromatic heterocycles. The molecule has 0 amide bonds. The van der Waals surface area contributed by atoms with Gasteiger partial charge < -0.3 is 18.9 Å². The topological polar surface area (TPSA) is 105 Å². The van der Waals surface area contributed by atoms with E-state index < -0.39 is 17.7 Å². The highest BCUT2D eigenvalue weighted by Crippen LogP contribution is 2.31. The number of esters is 2. The maximum atomic E-state index is 11.6. The van der Waals surface area contributed by atoms with Crippen LogP contribution in [-0.2, 0) is 32.3 Å². The van der Waals surface area contributed by atoms with Gasteiger partial charge in [-0.3, -0.25) is 19.2 Å². The molecule has 2 aromatic carbocycles. The monoisotopic (exact) mass is 612 g/mol. The van der Waals surface area contributed by atoms with E-state index in [-0.39, 0.29) is 29.3 Å². The van der Waals surface area contributed by atoms with Crippen molar-refractivity contribution in [3.8, 4) is 11.5 Å². The maximum Gasteiger partial charge on any atom is 0.308 e. The van der Waals surface area contributed by atoms with Crippen LogP contribution in [0.25, 0.3) is 0 Å². The van der Waals surface area contributed by atoms with Crippen molar-refractivity contribution in [1.82, 2.24) is 0 Å². The molecule has 188 valence electrons. The number of hydrogen-bond donors (Lipinski definition) is 0. The van der Waals surface area contributed by atoms with Crippen LogP contribution in [0.4, 0.5) is 0 Å². The summed E-state index contributed by atoms with van der Waals surface area (Å²) in [6.45, 7) is 6.71. The predicted octanol–water partition coefficient (Wildman–Crippen LogP) is 5.16. The van der Waals surface area contributed by atoms with Crippen LogP contribution in [-0.4, -0.2) is 40.0 Å². The lowest BCUT2D eigenvalue weighted by atomic mass is 10.1. The van der Waals surface area contributed by atoms with Crippen LogP contribution in [0.5, 0.6) is 11.5 Å². The first-order chi connectivity index (χ1) is 16.5. The van der Waals surface area contributed by atoms with Gasteiger partial charge in [0.05, 0.1) is 17.3 Å². The molecule has 0 spiro atoms. The molecule has 1 aliphatic rings. The zero-order valence-electron chi connectivity index (χ0n) is 19.8. The fraction of sp³-hybridized carbons (Fsp3) is 0.360. The summed E-state index contributed by atoms with van der Waals surface area (Å²) in [6.07, 6.45) is 0. The van der Waals surface area contributed by atoms with Gasteiger partial charge in [-0.05, 0) is 36.4 Å². The lowest BCUT2D eigenvalue weighted by Crippen LogP contribution is -2.35. The van der Waals surface area contributed by atoms with E-state index in [1.807, 2.05) is 26.0 Å². The number of halogens is 2. The van der Waals surface area contributed by atoms with Crippen LogP contribution in [0.1, 0.15) is 59.5 Å². The highest BCUT2D eigenvalue weighted by molar-refractivity contribution is 9.09. The van der Waals surface area contributed by atoms with Crippen LogP contribution in [0, 0.1) is 0 Å². The summed E-state index contributed by atoms with van der Waals surface area (Å²) in [4.78, 5) is 44.9. The molecular weight excluding hydrogens is 588 g/mol. The minimum Gasteiger partial charge on any atom is -0.463 e. The number of fused-ring (bicyclic) bond motifs is 1. The molecule has 8 nitrogen and oxygen atoms in total. The van der Waals surface area contributed by atoms with Gasteiger partial charge in [-0.15, -0.1) is 0 Å². The molecule has 0 N–H and O–H groups in total. The summed E-state index contributed by atoms with van der Waals surface area (Å²) >= 11 is 6.23. The number of benzene rings is 2. The second-order valence-electron chi connectivity index (χ2n) is 7.92. The molecule has 0 saturated heterocycles. The fourth-order valence-electron chi connectivity index (χ4n) is 2.96. The van der Waals surface area contributed by atoms with Gasteiger partial charge in [0, 0.05) is 49.9 Å². The minimum atomic E-state index is -0.589. The van der Waals surface area contributed by atoms with E-state index in [0.29, 0.717) is 28.6 Å². The fourth-order valence-corrected chi connectivity index (χ4v) is 3.61. The number of Topliss-reactive ketones (excluding diaryl/α,β-unsaturated/α-hetero) is 2. The molecule has 10 heteroatoms. The van der Waals surface area contributed by atoms with Gasteiger partial charge >= 0.3 is 11.9 Å². The van der Waals surface area contributed by atoms with Crippen molar-refractivity contribution < 1.29 is 38.1 Å². The van der Waals surface area contributed by atoms with Gasteiger partial charge in [0.25, 0.3) is 0 Å². The molecule has 35 heavy (non-hydrogen) atoms. The summed E-state index contributed by atoms with van der Waals surface area (Å²) in [6, 6.07) is 10.0. The lowest BCUT2D eigenvalue weighted by Gasteiger charge is -2.32. The first kappa shape index (κ1) is 28.7. The van der Waals surface area contributed by atoms with Crippen molar-refractivity contribution in [3.63, 3.8) is 0 Å². The number of ether oxygens (including phenoxy) is 4. The molecule has 0 unspecified atom stereocenters. The second-order valence-corrected chi connectivity index (χ2v) is 9.04. The van der Waals surface area contributed by atoms with E-state index in [9.17, 15) is 19.2 Å². The van der Waals surface area contributed by atoms with E-state index in [4.69, 9.17) is 18.9 Å². The smallest absolute Gasteiger partial charge is 0.308 e. The van der Waals surface area contributed by atoms with E-state index in [0.717, 1.165) is 11.3 Å². The number of carbonyl (C=O) groups is 4. The highest BCUT2D eigenvalue weighted by atomic mass is 79.9. The van der Waals surface area contributed by atoms with Gasteiger partial charge in [-0.1, -0.05) is 31.9 Å². The zero-order valence-corrected chi connectivity index (χ0v) is 23.0. The Morgan fingerprint density at radius 1 is 0.914 bits per heavy atom. The Hall–Kier alpha value is -2.56. The van der Waals surface area contributed by atoms with Gasteiger partial charge in [0.15, 0.2) is 11.6 Å². The molecule has 1 aliphatic heterocycles. The van der Waals surface area contributed by atoms with Gasteiger partial charge in [0.2, 0.25) is 5.79 Å². The van der Waals surface area contributed by atoms with E-state index in [1.54, 1.807) is 18.2 Å². The molecular formula is C25H26Br2O8. The van der Waals surface area contributed by atoms with E-state index in [1.165, 1.54) is 19.9 Å². The highest BCUT2D eigenvalue weighted by Gasteiger charge is 2.27. The Balaban J connectivity index is 0.000000250. The predicted molar refractivity (Wildman–Crippen MR) is 135 cm³/mol. The number of hydrogen-bond acceptors (Lipinski definition) is 8. The normalized spacial score (nSPS) is 13.3. The average molecular weight is 614 g/mol. The van der Waals surface area contributed by atoms with E-state index >= 15 is 0 Å². The Bertz CT molecular complexity index is 1110. The zero-order chi connectivity index (χ0) is 26.2. The standard InChI is InChI=1S/C13H13BrO5.C12H13BrO3/c1-8(15)18-7-11-5-10(12(17)6-14)3-4-13(11)19-9(2)16;1-12(2)15-7-9-5-8(10(14)6-13)3-4-11(9)16-12/h3-5H,6-7H2,1-2H3;3-5H,6-7H2,1-2H3. The molecule has 1 heterocycles. The molecule has 0 bridgehead atoms. The average Bonchev–Trinajstić information content (AvgIpc) is 2.81. The molecule has 0 fully saturated rings. The minimum absolute atomic E-state index is 0.0542. The summed E-state index contributed by atoms with van der Waals surface area (Å²) in [5.74, 6) is -0.503. The van der Waals surface area contributed by atoms with Crippen LogP contribution in [0.3, 0.4) is 0 Å². The number of ketones is 2. The van der Waals surface area contributed by atoms with Crippen molar-refractivity contribution in [2.75, 3.05) is 10.7 Å². The first-order valence-electron chi connectivity index (χ1n) is 10.5. The third-order valence-corrected chi connectivity index (χ3v) is 5.64. The Morgan fingerprint density at radius 2 is 1.51 bits per heavy atom. The quantitative estimate of drug-likeness (QED) is 0.182. The summed E-state index contributed by atoms with van der Waals surface area (Å²) in [5, 5.41) is 0.520.